The molecular weight excluding hydrogens is 645 g/mol. The topological polar surface area (TPSA) is 172 Å². The van der Waals surface area contributed by atoms with Gasteiger partial charge in [0.05, 0.1) is 25.4 Å². The van der Waals surface area contributed by atoms with E-state index in [1.54, 1.807) is 6.07 Å². The first kappa shape index (κ1) is 36.4. The van der Waals surface area contributed by atoms with E-state index in [0.717, 1.165) is 22.9 Å². The van der Waals surface area contributed by atoms with Gasteiger partial charge in [0.15, 0.2) is 27.7 Å². The molecule has 0 aliphatic carbocycles. The number of hydrogen-bond donors (Lipinski definition) is 2. The molecule has 1 aromatic carbocycles. The van der Waals surface area contributed by atoms with Gasteiger partial charge in [-0.25, -0.2) is 4.98 Å². The summed E-state index contributed by atoms with van der Waals surface area (Å²) in [4.78, 5) is 60.3. The number of anilines is 1. The Morgan fingerprint density at radius 3 is 2.65 bits per heavy atom. The summed E-state index contributed by atoms with van der Waals surface area (Å²) >= 11 is 1.10. The number of carbonyl (C=O) groups is 4. The number of nitrogens with one attached hydrogen (secondary N) is 1. The second-order valence-electron chi connectivity index (χ2n) is 12.3. The van der Waals surface area contributed by atoms with E-state index in [1.807, 2.05) is 33.8 Å². The van der Waals surface area contributed by atoms with Gasteiger partial charge in [0.25, 0.3) is 0 Å². The van der Waals surface area contributed by atoms with Crippen LogP contribution in [0.25, 0.3) is 11.2 Å². The maximum absolute atomic E-state index is 14.5. The zero-order valence-corrected chi connectivity index (χ0v) is 28.4. The van der Waals surface area contributed by atoms with Gasteiger partial charge in [-0.3, -0.25) is 19.2 Å². The lowest BCUT2D eigenvalue weighted by Gasteiger charge is -2.30. The highest BCUT2D eigenvalue weighted by atomic mass is 32.2. The highest BCUT2D eigenvalue weighted by Crippen LogP contribution is 2.39. The largest absolute Gasteiger partial charge is 0.461 e. The Morgan fingerprint density at radius 1 is 1.25 bits per heavy atom. The number of amides is 1. The van der Waals surface area contributed by atoms with Crippen LogP contribution in [0.1, 0.15) is 69.7 Å². The van der Waals surface area contributed by atoms with E-state index in [4.69, 9.17) is 20.6 Å². The lowest BCUT2D eigenvalue weighted by Crippen LogP contribution is -2.45. The van der Waals surface area contributed by atoms with E-state index >= 15 is 0 Å². The molecule has 48 heavy (non-hydrogen) atoms. The van der Waals surface area contributed by atoms with Gasteiger partial charge in [-0.2, -0.15) is 14.4 Å². The zero-order chi connectivity index (χ0) is 35.4. The maximum Gasteiger partial charge on any atom is 0.312 e. The summed E-state index contributed by atoms with van der Waals surface area (Å²) in [7, 11) is 0. The number of carbonyl (C=O) groups excluding carboxylic acids is 4. The third-order valence-electron chi connectivity index (χ3n) is 7.87. The van der Waals surface area contributed by atoms with Gasteiger partial charge in [-0.1, -0.05) is 37.6 Å². The molecule has 256 valence electrons. The van der Waals surface area contributed by atoms with Crippen LogP contribution < -0.4 is 10.1 Å². The minimum absolute atomic E-state index is 0.0267. The normalized spacial score (nSPS) is 19.1. The van der Waals surface area contributed by atoms with Crippen molar-refractivity contribution in [1.82, 2.24) is 19.5 Å². The number of aliphatic hydroxyl groups excluding tert-OH is 1. The third kappa shape index (κ3) is 8.18. The quantitative estimate of drug-likeness (QED) is 0.0934. The number of halogens is 1. The van der Waals surface area contributed by atoms with E-state index in [1.165, 1.54) is 24.7 Å². The zero-order valence-electron chi connectivity index (χ0n) is 27.6. The number of imidazole rings is 1. The Labute approximate surface area is 281 Å². The Kier molecular flexibility index (Phi) is 11.2. The van der Waals surface area contributed by atoms with Crippen molar-refractivity contribution >= 4 is 51.7 Å². The first-order valence-corrected chi connectivity index (χ1v) is 16.1. The fourth-order valence-corrected chi connectivity index (χ4v) is 6.41. The number of fused-ring (bicyclic) bond motifs is 1. The van der Waals surface area contributed by atoms with Crippen molar-refractivity contribution in [3.8, 4) is 18.1 Å². The minimum atomic E-state index is -1.75. The summed E-state index contributed by atoms with van der Waals surface area (Å²) in [6.07, 6.45) is 4.90. The van der Waals surface area contributed by atoms with Crippen LogP contribution in [0, 0.1) is 32.3 Å². The number of terminal acetylenes is 1. The molecule has 0 spiro atoms. The standard InChI is InChI=1S/C33H38FN5O8S/c1-8-33(16-45-25(43)14-32(6,7)26-19(3)12-18(2)13-23(26)47-20(4)40)28(44)22(15-46-33)39-17-35-27-29(37-31(34)38-30(27)39)36-24(42)10-9-11-48-21(5)41/h1,12-13,17,22,28,44H,9-11,14-16H2,2-7H3,(H,36,37,38,42)/t22-,28+,33-/m1/s1. The monoisotopic (exact) mass is 683 g/mol. The summed E-state index contributed by atoms with van der Waals surface area (Å²) < 4.78 is 32.8. The number of thioether (sulfide) groups is 1. The van der Waals surface area contributed by atoms with E-state index in [9.17, 15) is 28.7 Å². The van der Waals surface area contributed by atoms with Gasteiger partial charge in [-0.05, 0) is 37.5 Å². The molecule has 0 unspecified atom stereocenters. The molecule has 0 saturated carbocycles. The van der Waals surface area contributed by atoms with Crippen molar-refractivity contribution in [2.24, 2.45) is 0 Å². The number of esters is 2. The van der Waals surface area contributed by atoms with Gasteiger partial charge >= 0.3 is 18.0 Å². The molecule has 3 heterocycles. The molecule has 1 aliphatic rings. The van der Waals surface area contributed by atoms with Crippen LogP contribution in [-0.2, 0) is 34.1 Å². The molecular formula is C33H38FN5O8S. The van der Waals surface area contributed by atoms with E-state index in [0.29, 0.717) is 23.5 Å². The lowest BCUT2D eigenvalue weighted by atomic mass is 9.78. The molecule has 1 aliphatic heterocycles. The van der Waals surface area contributed by atoms with Crippen molar-refractivity contribution in [2.45, 2.75) is 84.0 Å². The fraction of sp³-hybridized carbons (Fsp3) is 0.485. The molecule has 1 saturated heterocycles. The summed E-state index contributed by atoms with van der Waals surface area (Å²) in [5, 5.41) is 13.9. The summed E-state index contributed by atoms with van der Waals surface area (Å²) in [5.74, 6) is 1.50. The Morgan fingerprint density at radius 2 is 1.98 bits per heavy atom. The molecule has 4 rings (SSSR count). The molecule has 0 bridgehead atoms. The van der Waals surface area contributed by atoms with Crippen LogP contribution in [0.4, 0.5) is 10.2 Å². The SMILES string of the molecule is C#C[C@]1(COC(=O)CC(C)(C)c2c(C)cc(C)cc2OC(C)=O)OC[C@@H](n2cnc3c(NC(=O)CCCSC(C)=O)nc(F)nc32)[C@@H]1O. The smallest absolute Gasteiger partial charge is 0.312 e. The number of ether oxygens (including phenoxy) is 3. The molecule has 3 atom stereocenters. The Balaban J connectivity index is 1.47. The van der Waals surface area contributed by atoms with E-state index in [2.05, 4.69) is 26.2 Å². The highest BCUT2D eigenvalue weighted by molar-refractivity contribution is 8.13. The molecule has 2 aromatic heterocycles. The number of nitrogens with zero attached hydrogens (tertiary/aromatic N) is 4. The average Bonchev–Trinajstić information content (AvgIpc) is 3.53. The Bertz CT molecular complexity index is 1790. The lowest BCUT2D eigenvalue weighted by molar-refractivity contribution is -0.153. The number of hydrogen-bond acceptors (Lipinski definition) is 12. The van der Waals surface area contributed by atoms with E-state index in [-0.39, 0.29) is 41.5 Å². The predicted molar refractivity (Wildman–Crippen MR) is 175 cm³/mol. The number of aromatic nitrogens is 4. The first-order chi connectivity index (χ1) is 22.6. The van der Waals surface area contributed by atoms with Gasteiger partial charge in [-0.15, -0.1) is 6.42 Å². The number of aryl methyl sites for hydroxylation is 2. The average molecular weight is 684 g/mol. The van der Waals surface area contributed by atoms with Crippen molar-refractivity contribution in [3.63, 3.8) is 0 Å². The number of benzene rings is 1. The molecule has 3 aromatic rings. The molecule has 2 N–H and O–H groups in total. The van der Waals surface area contributed by atoms with E-state index < -0.39 is 53.7 Å². The third-order valence-corrected chi connectivity index (χ3v) is 8.77. The molecule has 13 nitrogen and oxygen atoms in total. The Hall–Kier alpha value is -4.39. The van der Waals surface area contributed by atoms with Crippen LogP contribution in [0.15, 0.2) is 18.5 Å². The van der Waals surface area contributed by atoms with Crippen LogP contribution >= 0.6 is 11.8 Å². The van der Waals surface area contributed by atoms with Crippen LogP contribution in [0.3, 0.4) is 0 Å². The summed E-state index contributed by atoms with van der Waals surface area (Å²) in [6.45, 7) is 9.48. The van der Waals surface area contributed by atoms with Crippen molar-refractivity contribution in [2.75, 3.05) is 24.3 Å². The summed E-state index contributed by atoms with van der Waals surface area (Å²) in [5.41, 5.74) is -0.122. The maximum atomic E-state index is 14.5. The molecule has 15 heteroatoms. The second kappa shape index (κ2) is 14.8. The number of rotatable bonds is 12. The second-order valence-corrected chi connectivity index (χ2v) is 13.6. The van der Waals surface area contributed by atoms with Crippen LogP contribution in [0.2, 0.25) is 0 Å². The minimum Gasteiger partial charge on any atom is -0.461 e. The van der Waals surface area contributed by atoms with Gasteiger partial charge in [0, 0.05) is 37.0 Å². The molecule has 0 radical (unpaired) electrons. The van der Waals surface area contributed by atoms with Gasteiger partial charge in [0.2, 0.25) is 5.91 Å². The highest BCUT2D eigenvalue weighted by Gasteiger charge is 2.51. The van der Waals surface area contributed by atoms with Crippen molar-refractivity contribution < 1.29 is 42.9 Å². The molecule has 1 fully saturated rings. The van der Waals surface area contributed by atoms with Crippen molar-refractivity contribution in [3.05, 3.63) is 41.2 Å². The van der Waals surface area contributed by atoms with Gasteiger partial charge in [0.1, 0.15) is 18.5 Å². The number of aliphatic hydroxyl groups is 1. The van der Waals surface area contributed by atoms with Gasteiger partial charge < -0.3 is 29.2 Å². The molecule has 1 amide bonds. The van der Waals surface area contributed by atoms with Crippen molar-refractivity contribution in [1.29, 1.82) is 0 Å². The van der Waals surface area contributed by atoms with Crippen LogP contribution in [0.5, 0.6) is 5.75 Å². The predicted octanol–water partition coefficient (Wildman–Crippen LogP) is 3.72. The first-order valence-electron chi connectivity index (χ1n) is 15.2. The fourth-order valence-electron chi connectivity index (χ4n) is 5.83. The van der Waals surface area contributed by atoms with Crippen LogP contribution in [-0.4, -0.2) is 78.3 Å². The summed E-state index contributed by atoms with van der Waals surface area (Å²) in [6, 6.07) is 2.75.